The lowest BCUT2D eigenvalue weighted by atomic mass is 10.1. The van der Waals surface area contributed by atoms with E-state index in [-0.39, 0.29) is 11.7 Å². The summed E-state index contributed by atoms with van der Waals surface area (Å²) in [5.41, 5.74) is 2.39. The third-order valence-corrected chi connectivity index (χ3v) is 4.58. The lowest BCUT2D eigenvalue weighted by Crippen LogP contribution is -2.27. The standard InChI is InChI=1S/C17H13NO2S2/c1-11-7-8-14(19)12(9-11)10-15-16(20)18(17(21)22-15)13-5-3-2-4-6-13/h2-10,19H,1H3/b15-10+. The number of benzene rings is 2. The van der Waals surface area contributed by atoms with Crippen molar-refractivity contribution < 1.29 is 9.90 Å². The van der Waals surface area contributed by atoms with Crippen LogP contribution in [0.3, 0.4) is 0 Å². The van der Waals surface area contributed by atoms with Crippen molar-refractivity contribution in [3.8, 4) is 5.75 Å². The molecule has 0 aromatic heterocycles. The number of hydrogen-bond donors (Lipinski definition) is 1. The molecule has 0 unspecified atom stereocenters. The van der Waals surface area contributed by atoms with Crippen molar-refractivity contribution in [2.75, 3.05) is 4.90 Å². The van der Waals surface area contributed by atoms with Gasteiger partial charge in [0.05, 0.1) is 10.6 Å². The van der Waals surface area contributed by atoms with Crippen LogP contribution >= 0.6 is 24.0 Å². The fourth-order valence-electron chi connectivity index (χ4n) is 2.20. The Balaban J connectivity index is 1.97. The summed E-state index contributed by atoms with van der Waals surface area (Å²) in [4.78, 5) is 14.6. The highest BCUT2D eigenvalue weighted by Crippen LogP contribution is 2.36. The highest BCUT2D eigenvalue weighted by molar-refractivity contribution is 8.27. The number of carbonyl (C=O) groups is 1. The second-order valence-corrected chi connectivity index (χ2v) is 6.59. The molecule has 1 fully saturated rings. The molecule has 0 atom stereocenters. The number of rotatable bonds is 2. The Morgan fingerprint density at radius 3 is 2.64 bits per heavy atom. The molecule has 1 aliphatic rings. The Kier molecular flexibility index (Phi) is 4.00. The van der Waals surface area contributed by atoms with Gasteiger partial charge in [-0.1, -0.05) is 53.8 Å². The minimum Gasteiger partial charge on any atom is -0.507 e. The molecule has 1 heterocycles. The van der Waals surface area contributed by atoms with E-state index in [9.17, 15) is 9.90 Å². The molecule has 2 aromatic rings. The average molecular weight is 327 g/mol. The Morgan fingerprint density at radius 1 is 1.18 bits per heavy atom. The van der Waals surface area contributed by atoms with E-state index >= 15 is 0 Å². The Morgan fingerprint density at radius 2 is 1.91 bits per heavy atom. The van der Waals surface area contributed by atoms with Crippen molar-refractivity contribution in [2.45, 2.75) is 6.92 Å². The molecule has 3 rings (SSSR count). The van der Waals surface area contributed by atoms with Gasteiger partial charge in [0.15, 0.2) is 4.32 Å². The second-order valence-electron chi connectivity index (χ2n) is 4.91. The zero-order valence-electron chi connectivity index (χ0n) is 11.8. The van der Waals surface area contributed by atoms with Crippen LogP contribution in [0.4, 0.5) is 5.69 Å². The van der Waals surface area contributed by atoms with Crippen LogP contribution in [-0.4, -0.2) is 15.3 Å². The lowest BCUT2D eigenvalue weighted by molar-refractivity contribution is -0.113. The van der Waals surface area contributed by atoms with Gasteiger partial charge in [0.2, 0.25) is 0 Å². The number of nitrogens with zero attached hydrogens (tertiary/aromatic N) is 1. The topological polar surface area (TPSA) is 40.5 Å². The molecule has 1 amide bonds. The van der Waals surface area contributed by atoms with E-state index in [1.807, 2.05) is 49.4 Å². The first-order valence-corrected chi connectivity index (χ1v) is 7.91. The van der Waals surface area contributed by atoms with Crippen LogP contribution in [0, 0.1) is 6.92 Å². The lowest BCUT2D eigenvalue weighted by Gasteiger charge is -2.13. The molecule has 0 spiro atoms. The number of aryl methyl sites for hydroxylation is 1. The molecule has 0 saturated carbocycles. The van der Waals surface area contributed by atoms with Gasteiger partial charge in [-0.05, 0) is 37.3 Å². The fourth-order valence-corrected chi connectivity index (χ4v) is 3.49. The first kappa shape index (κ1) is 14.8. The van der Waals surface area contributed by atoms with Crippen LogP contribution in [0.2, 0.25) is 0 Å². The molecule has 110 valence electrons. The van der Waals surface area contributed by atoms with Crippen LogP contribution in [0.1, 0.15) is 11.1 Å². The van der Waals surface area contributed by atoms with Gasteiger partial charge >= 0.3 is 0 Å². The van der Waals surface area contributed by atoms with Gasteiger partial charge in [-0.25, -0.2) is 0 Å². The number of para-hydroxylation sites is 1. The Labute approximate surface area is 138 Å². The molecule has 0 radical (unpaired) electrons. The molecule has 0 bridgehead atoms. The van der Waals surface area contributed by atoms with Crippen molar-refractivity contribution in [3.05, 3.63) is 64.6 Å². The number of thioether (sulfide) groups is 1. The van der Waals surface area contributed by atoms with E-state index in [2.05, 4.69) is 0 Å². The van der Waals surface area contributed by atoms with Crippen molar-refractivity contribution in [1.29, 1.82) is 0 Å². The minimum atomic E-state index is -0.165. The van der Waals surface area contributed by atoms with Crippen LogP contribution in [-0.2, 0) is 4.79 Å². The van der Waals surface area contributed by atoms with E-state index in [0.717, 1.165) is 11.3 Å². The molecular formula is C17H13NO2S2. The minimum absolute atomic E-state index is 0.149. The zero-order chi connectivity index (χ0) is 15.7. The predicted octanol–water partition coefficient (Wildman–Crippen LogP) is 4.11. The van der Waals surface area contributed by atoms with E-state index in [4.69, 9.17) is 12.2 Å². The molecule has 1 saturated heterocycles. The Hall–Kier alpha value is -2.11. The highest BCUT2D eigenvalue weighted by Gasteiger charge is 2.33. The third-order valence-electron chi connectivity index (χ3n) is 3.28. The van der Waals surface area contributed by atoms with Gasteiger partial charge in [-0.15, -0.1) is 0 Å². The number of aromatic hydroxyl groups is 1. The van der Waals surface area contributed by atoms with Crippen LogP contribution in [0.25, 0.3) is 6.08 Å². The van der Waals surface area contributed by atoms with Crippen LogP contribution in [0.15, 0.2) is 53.4 Å². The van der Waals surface area contributed by atoms with E-state index in [0.29, 0.717) is 14.8 Å². The summed E-state index contributed by atoms with van der Waals surface area (Å²) in [7, 11) is 0. The maximum absolute atomic E-state index is 12.6. The number of carbonyl (C=O) groups excluding carboxylic acids is 1. The molecule has 22 heavy (non-hydrogen) atoms. The zero-order valence-corrected chi connectivity index (χ0v) is 13.4. The van der Waals surface area contributed by atoms with Crippen molar-refractivity contribution in [3.63, 3.8) is 0 Å². The predicted molar refractivity (Wildman–Crippen MR) is 94.9 cm³/mol. The first-order valence-electron chi connectivity index (χ1n) is 6.69. The highest BCUT2D eigenvalue weighted by atomic mass is 32.2. The third kappa shape index (κ3) is 2.77. The largest absolute Gasteiger partial charge is 0.507 e. The summed E-state index contributed by atoms with van der Waals surface area (Å²) < 4.78 is 0.495. The quantitative estimate of drug-likeness (QED) is 0.666. The summed E-state index contributed by atoms with van der Waals surface area (Å²) in [5.74, 6) is -0.0160. The first-order chi connectivity index (χ1) is 10.6. The number of thiocarbonyl (C=S) groups is 1. The van der Waals surface area contributed by atoms with Crippen molar-refractivity contribution in [2.24, 2.45) is 0 Å². The SMILES string of the molecule is Cc1ccc(O)c(/C=C2/SC(=S)N(c3ccccc3)C2=O)c1. The average Bonchev–Trinajstić information content (AvgIpc) is 2.78. The van der Waals surface area contributed by atoms with Crippen molar-refractivity contribution in [1.82, 2.24) is 0 Å². The van der Waals surface area contributed by atoms with E-state index in [1.165, 1.54) is 16.7 Å². The van der Waals surface area contributed by atoms with E-state index < -0.39 is 0 Å². The van der Waals surface area contributed by atoms with Gasteiger partial charge < -0.3 is 5.11 Å². The molecular weight excluding hydrogens is 314 g/mol. The molecule has 3 nitrogen and oxygen atoms in total. The molecule has 2 aromatic carbocycles. The molecule has 0 aliphatic carbocycles. The normalized spacial score (nSPS) is 16.6. The maximum Gasteiger partial charge on any atom is 0.270 e. The summed E-state index contributed by atoms with van der Waals surface area (Å²) in [6.07, 6.45) is 1.69. The number of anilines is 1. The van der Waals surface area contributed by atoms with Gasteiger partial charge in [0.25, 0.3) is 5.91 Å². The van der Waals surface area contributed by atoms with Gasteiger partial charge in [0, 0.05) is 5.56 Å². The second kappa shape index (κ2) is 5.94. The summed E-state index contributed by atoms with van der Waals surface area (Å²) in [6.45, 7) is 1.94. The number of hydrogen-bond acceptors (Lipinski definition) is 4. The Bertz CT molecular complexity index is 785. The number of phenols is 1. The summed E-state index contributed by atoms with van der Waals surface area (Å²) in [5, 5.41) is 9.92. The van der Waals surface area contributed by atoms with E-state index in [1.54, 1.807) is 12.1 Å². The summed E-state index contributed by atoms with van der Waals surface area (Å²) in [6, 6.07) is 14.6. The molecule has 1 aliphatic heterocycles. The smallest absolute Gasteiger partial charge is 0.270 e. The van der Waals surface area contributed by atoms with Crippen LogP contribution < -0.4 is 4.90 Å². The van der Waals surface area contributed by atoms with Gasteiger partial charge in [-0.2, -0.15) is 0 Å². The van der Waals surface area contributed by atoms with Gasteiger partial charge in [0.1, 0.15) is 5.75 Å². The van der Waals surface area contributed by atoms with Crippen LogP contribution in [0.5, 0.6) is 5.75 Å². The monoisotopic (exact) mass is 327 g/mol. The number of amides is 1. The van der Waals surface area contributed by atoms with Crippen molar-refractivity contribution >= 4 is 46.0 Å². The fraction of sp³-hybridized carbons (Fsp3) is 0.0588. The molecule has 5 heteroatoms. The summed E-state index contributed by atoms with van der Waals surface area (Å²) >= 11 is 6.56. The maximum atomic E-state index is 12.6. The van der Waals surface area contributed by atoms with Gasteiger partial charge in [-0.3, -0.25) is 9.69 Å². The number of phenolic OH excluding ortho intramolecular Hbond substituents is 1. The molecule has 1 N–H and O–H groups in total.